The Balaban J connectivity index is 2.66. The van der Waals surface area contributed by atoms with Crippen molar-refractivity contribution in [2.45, 2.75) is 27.2 Å². The van der Waals surface area contributed by atoms with Gasteiger partial charge in [-0.1, -0.05) is 37.6 Å². The van der Waals surface area contributed by atoms with Gasteiger partial charge in [-0.3, -0.25) is 0 Å². The summed E-state index contributed by atoms with van der Waals surface area (Å²) in [6.07, 6.45) is 1.14. The van der Waals surface area contributed by atoms with E-state index in [0.717, 1.165) is 12.3 Å². The van der Waals surface area contributed by atoms with Crippen LogP contribution in [0.15, 0.2) is 18.2 Å². The first kappa shape index (κ1) is 8.32. The first-order chi connectivity index (χ1) is 5.18. The first-order valence-corrected chi connectivity index (χ1v) is 4.15. The predicted molar refractivity (Wildman–Crippen MR) is 48.6 cm³/mol. The van der Waals surface area contributed by atoms with Gasteiger partial charge in [-0.2, -0.15) is 0 Å². The maximum absolute atomic E-state index is 3.27. The van der Waals surface area contributed by atoms with Crippen LogP contribution in [0.2, 0.25) is 0 Å². The molecule has 0 saturated heterocycles. The Morgan fingerprint density at radius 2 is 2.09 bits per heavy atom. The van der Waals surface area contributed by atoms with E-state index in [1.165, 1.54) is 11.1 Å². The summed E-state index contributed by atoms with van der Waals surface area (Å²) >= 11 is 0. The SMILES string of the molecule is Cc1c[c]c(CC(C)C)cc1. The fourth-order valence-corrected chi connectivity index (χ4v) is 1.10. The van der Waals surface area contributed by atoms with Gasteiger partial charge in [0.05, 0.1) is 0 Å². The highest BCUT2D eigenvalue weighted by Crippen LogP contribution is 2.07. The molecule has 0 heteroatoms. The second-order valence-electron chi connectivity index (χ2n) is 3.49. The summed E-state index contributed by atoms with van der Waals surface area (Å²) in [6.45, 7) is 6.55. The molecule has 0 fully saturated rings. The number of rotatable bonds is 2. The van der Waals surface area contributed by atoms with Crippen molar-refractivity contribution in [3.63, 3.8) is 0 Å². The molecule has 0 N–H and O–H groups in total. The molecule has 0 atom stereocenters. The minimum Gasteiger partial charge on any atom is -0.0625 e. The Morgan fingerprint density at radius 3 is 2.55 bits per heavy atom. The largest absolute Gasteiger partial charge is 0.0625 e. The highest BCUT2D eigenvalue weighted by molar-refractivity contribution is 5.20. The molecule has 0 unspecified atom stereocenters. The Hall–Kier alpha value is -0.780. The van der Waals surface area contributed by atoms with Crippen LogP contribution >= 0.6 is 0 Å². The Morgan fingerprint density at radius 1 is 1.36 bits per heavy atom. The zero-order valence-corrected chi connectivity index (χ0v) is 7.52. The van der Waals surface area contributed by atoms with E-state index in [2.05, 4.69) is 45.0 Å². The van der Waals surface area contributed by atoms with Gasteiger partial charge in [0.15, 0.2) is 0 Å². The van der Waals surface area contributed by atoms with E-state index in [1.807, 2.05) is 0 Å². The average molecular weight is 147 g/mol. The summed E-state index contributed by atoms with van der Waals surface area (Å²) in [5.74, 6) is 0.731. The maximum atomic E-state index is 3.27. The molecule has 0 spiro atoms. The molecule has 0 bridgehead atoms. The van der Waals surface area contributed by atoms with Crippen molar-refractivity contribution in [2.24, 2.45) is 5.92 Å². The van der Waals surface area contributed by atoms with Crippen LogP contribution in [-0.4, -0.2) is 0 Å². The van der Waals surface area contributed by atoms with Crippen LogP contribution in [0.3, 0.4) is 0 Å². The van der Waals surface area contributed by atoms with Crippen LogP contribution in [0.4, 0.5) is 0 Å². The lowest BCUT2D eigenvalue weighted by atomic mass is 10.0. The van der Waals surface area contributed by atoms with Gasteiger partial charge in [0, 0.05) is 0 Å². The van der Waals surface area contributed by atoms with Crippen LogP contribution in [-0.2, 0) is 6.42 Å². The van der Waals surface area contributed by atoms with Crippen LogP contribution in [0.25, 0.3) is 0 Å². The zero-order chi connectivity index (χ0) is 8.27. The van der Waals surface area contributed by atoms with E-state index >= 15 is 0 Å². The summed E-state index contributed by atoms with van der Waals surface area (Å²) < 4.78 is 0. The molecule has 0 aromatic heterocycles. The standard InChI is InChI=1S/C11H15/c1-9(2)8-11-6-4-10(3)5-7-11/h4-6,9H,8H2,1-3H3. The molecule has 1 rings (SSSR count). The average Bonchev–Trinajstić information content (AvgIpc) is 1.93. The van der Waals surface area contributed by atoms with Crippen LogP contribution < -0.4 is 0 Å². The molecular formula is C11H15. The van der Waals surface area contributed by atoms with Crippen LogP contribution in [0.5, 0.6) is 0 Å². The summed E-state index contributed by atoms with van der Waals surface area (Å²) in [7, 11) is 0. The van der Waals surface area contributed by atoms with Gasteiger partial charge in [0.2, 0.25) is 0 Å². The summed E-state index contributed by atoms with van der Waals surface area (Å²) in [4.78, 5) is 0. The quantitative estimate of drug-likeness (QED) is 0.603. The summed E-state index contributed by atoms with van der Waals surface area (Å²) in [6, 6.07) is 9.63. The van der Waals surface area contributed by atoms with Crippen molar-refractivity contribution in [2.75, 3.05) is 0 Å². The molecule has 0 heterocycles. The van der Waals surface area contributed by atoms with Crippen molar-refractivity contribution in [3.8, 4) is 0 Å². The van der Waals surface area contributed by atoms with Crippen molar-refractivity contribution in [1.82, 2.24) is 0 Å². The van der Waals surface area contributed by atoms with Crippen molar-refractivity contribution in [3.05, 3.63) is 35.4 Å². The molecule has 11 heavy (non-hydrogen) atoms. The van der Waals surface area contributed by atoms with Gasteiger partial charge in [-0.25, -0.2) is 0 Å². The monoisotopic (exact) mass is 147 g/mol. The van der Waals surface area contributed by atoms with Crippen molar-refractivity contribution in [1.29, 1.82) is 0 Å². The number of benzene rings is 1. The van der Waals surface area contributed by atoms with Gasteiger partial charge in [-0.05, 0) is 30.9 Å². The molecule has 0 aliphatic heterocycles. The lowest BCUT2D eigenvalue weighted by Crippen LogP contribution is -1.93. The van der Waals surface area contributed by atoms with E-state index in [1.54, 1.807) is 0 Å². The molecule has 0 amide bonds. The first-order valence-electron chi connectivity index (χ1n) is 4.15. The Labute approximate surface area is 69.3 Å². The molecular weight excluding hydrogens is 132 g/mol. The second-order valence-corrected chi connectivity index (χ2v) is 3.49. The third-order valence-corrected chi connectivity index (χ3v) is 1.66. The molecule has 0 nitrogen and oxygen atoms in total. The zero-order valence-electron chi connectivity index (χ0n) is 7.52. The number of aryl methyl sites for hydroxylation is 1. The fourth-order valence-electron chi connectivity index (χ4n) is 1.10. The minimum absolute atomic E-state index is 0.731. The third-order valence-electron chi connectivity index (χ3n) is 1.66. The number of hydrogen-bond donors (Lipinski definition) is 0. The van der Waals surface area contributed by atoms with E-state index < -0.39 is 0 Å². The molecule has 0 aliphatic carbocycles. The van der Waals surface area contributed by atoms with E-state index in [-0.39, 0.29) is 0 Å². The minimum atomic E-state index is 0.731. The second kappa shape index (κ2) is 3.56. The maximum Gasteiger partial charge on any atom is -0.0146 e. The van der Waals surface area contributed by atoms with E-state index in [9.17, 15) is 0 Å². The van der Waals surface area contributed by atoms with Gasteiger partial charge < -0.3 is 0 Å². The Kier molecular flexibility index (Phi) is 2.70. The molecule has 1 radical (unpaired) electrons. The lowest BCUT2D eigenvalue weighted by Gasteiger charge is -2.03. The molecule has 1 aromatic carbocycles. The highest BCUT2D eigenvalue weighted by atomic mass is 14.0. The Bertz CT molecular complexity index is 206. The smallest absolute Gasteiger partial charge is 0.0146 e. The van der Waals surface area contributed by atoms with Crippen molar-refractivity contribution >= 4 is 0 Å². The molecule has 0 saturated carbocycles. The van der Waals surface area contributed by atoms with Crippen LogP contribution in [0.1, 0.15) is 25.0 Å². The molecule has 59 valence electrons. The molecule has 1 aromatic rings. The van der Waals surface area contributed by atoms with E-state index in [4.69, 9.17) is 0 Å². The summed E-state index contributed by atoms with van der Waals surface area (Å²) in [5, 5.41) is 0. The predicted octanol–water partition coefficient (Wildman–Crippen LogP) is 2.99. The van der Waals surface area contributed by atoms with Crippen LogP contribution in [0, 0.1) is 18.9 Å². The van der Waals surface area contributed by atoms with Gasteiger partial charge >= 0.3 is 0 Å². The highest BCUT2D eigenvalue weighted by Gasteiger charge is 1.96. The normalized spacial score (nSPS) is 10.5. The van der Waals surface area contributed by atoms with Gasteiger partial charge in [0.25, 0.3) is 0 Å². The lowest BCUT2D eigenvalue weighted by molar-refractivity contribution is 0.646. The number of hydrogen-bond acceptors (Lipinski definition) is 0. The topological polar surface area (TPSA) is 0 Å². The van der Waals surface area contributed by atoms with Crippen molar-refractivity contribution < 1.29 is 0 Å². The van der Waals surface area contributed by atoms with Gasteiger partial charge in [-0.15, -0.1) is 0 Å². The fraction of sp³-hybridized carbons (Fsp3) is 0.455. The van der Waals surface area contributed by atoms with E-state index in [0.29, 0.717) is 0 Å². The summed E-state index contributed by atoms with van der Waals surface area (Å²) in [5.41, 5.74) is 2.61. The molecule has 0 aliphatic rings. The third kappa shape index (κ3) is 2.75. The van der Waals surface area contributed by atoms with Gasteiger partial charge in [0.1, 0.15) is 0 Å².